The molecule has 1 saturated carbocycles. The van der Waals surface area contributed by atoms with Crippen LogP contribution in [0, 0.1) is 17.3 Å². The fourth-order valence-corrected chi connectivity index (χ4v) is 2.06. The molecule has 0 saturated heterocycles. The maximum Gasteiger partial charge on any atom is 0.0583 e. The summed E-state index contributed by atoms with van der Waals surface area (Å²) in [7, 11) is 0. The van der Waals surface area contributed by atoms with Crippen molar-refractivity contribution in [2.75, 3.05) is 6.54 Å². The summed E-state index contributed by atoms with van der Waals surface area (Å²) in [5, 5.41) is 9.64. The average molecular weight is 171 g/mol. The largest absolute Gasteiger partial charge is 0.393 e. The van der Waals surface area contributed by atoms with Crippen LogP contribution in [-0.4, -0.2) is 17.8 Å². The van der Waals surface area contributed by atoms with E-state index in [2.05, 4.69) is 20.8 Å². The molecule has 12 heavy (non-hydrogen) atoms. The summed E-state index contributed by atoms with van der Waals surface area (Å²) >= 11 is 0. The van der Waals surface area contributed by atoms with Gasteiger partial charge in [-0.1, -0.05) is 20.8 Å². The summed E-state index contributed by atoms with van der Waals surface area (Å²) < 4.78 is 0. The molecule has 0 aromatic heterocycles. The lowest BCUT2D eigenvalue weighted by Gasteiger charge is -2.26. The Kier molecular flexibility index (Phi) is 2.79. The van der Waals surface area contributed by atoms with E-state index in [1.807, 2.05) is 0 Å². The van der Waals surface area contributed by atoms with Crippen LogP contribution in [0.4, 0.5) is 0 Å². The molecular formula is C10H21NO. The molecule has 2 nitrogen and oxygen atoms in total. The first-order valence-corrected chi connectivity index (χ1v) is 4.83. The van der Waals surface area contributed by atoms with Crippen LogP contribution in [0.5, 0.6) is 0 Å². The van der Waals surface area contributed by atoms with Gasteiger partial charge in [0.05, 0.1) is 6.10 Å². The maximum atomic E-state index is 9.64. The van der Waals surface area contributed by atoms with Gasteiger partial charge in [0.2, 0.25) is 0 Å². The molecule has 72 valence electrons. The molecule has 1 aliphatic rings. The third kappa shape index (κ3) is 1.99. The van der Waals surface area contributed by atoms with Crippen LogP contribution in [0.1, 0.15) is 33.6 Å². The Balaban J connectivity index is 2.54. The number of aliphatic hydroxyl groups is 1. The van der Waals surface area contributed by atoms with E-state index in [0.717, 1.165) is 12.8 Å². The van der Waals surface area contributed by atoms with Gasteiger partial charge in [0.1, 0.15) is 0 Å². The zero-order chi connectivity index (χ0) is 9.35. The smallest absolute Gasteiger partial charge is 0.0583 e. The molecular weight excluding hydrogens is 150 g/mol. The third-order valence-electron chi connectivity index (χ3n) is 3.18. The van der Waals surface area contributed by atoms with E-state index in [1.54, 1.807) is 0 Å². The average Bonchev–Trinajstić information content (AvgIpc) is 2.29. The Morgan fingerprint density at radius 2 is 1.92 bits per heavy atom. The first kappa shape index (κ1) is 10.0. The van der Waals surface area contributed by atoms with Crippen LogP contribution in [0.15, 0.2) is 0 Å². The third-order valence-corrected chi connectivity index (χ3v) is 3.18. The Bertz CT molecular complexity index is 150. The molecule has 0 unspecified atom stereocenters. The predicted molar refractivity (Wildman–Crippen MR) is 50.7 cm³/mol. The molecule has 1 fully saturated rings. The molecule has 0 aliphatic heterocycles. The van der Waals surface area contributed by atoms with Crippen LogP contribution in [0.2, 0.25) is 0 Å². The molecule has 1 rings (SSSR count). The number of hydrogen-bond donors (Lipinski definition) is 2. The highest BCUT2D eigenvalue weighted by Crippen LogP contribution is 2.41. The molecule has 0 aromatic rings. The lowest BCUT2D eigenvalue weighted by Crippen LogP contribution is -2.21. The van der Waals surface area contributed by atoms with Gasteiger partial charge in [-0.3, -0.25) is 0 Å². The van der Waals surface area contributed by atoms with Crippen molar-refractivity contribution in [3.8, 4) is 0 Å². The normalized spacial score (nSPS) is 37.2. The highest BCUT2D eigenvalue weighted by Gasteiger charge is 2.37. The highest BCUT2D eigenvalue weighted by molar-refractivity contribution is 4.89. The SMILES string of the molecule is CC(C)(C)[C@H]1C[C@H](CN)[C@@H](O)C1. The van der Waals surface area contributed by atoms with E-state index < -0.39 is 0 Å². The van der Waals surface area contributed by atoms with E-state index in [0.29, 0.717) is 23.8 Å². The first-order valence-electron chi connectivity index (χ1n) is 4.83. The van der Waals surface area contributed by atoms with Gasteiger partial charge in [-0.15, -0.1) is 0 Å². The van der Waals surface area contributed by atoms with Crippen LogP contribution >= 0.6 is 0 Å². The van der Waals surface area contributed by atoms with E-state index in [4.69, 9.17) is 5.73 Å². The molecule has 0 radical (unpaired) electrons. The minimum Gasteiger partial charge on any atom is -0.393 e. The molecule has 0 amide bonds. The summed E-state index contributed by atoms with van der Waals surface area (Å²) in [6, 6.07) is 0. The van der Waals surface area contributed by atoms with E-state index in [-0.39, 0.29) is 6.10 Å². The van der Waals surface area contributed by atoms with Gasteiger partial charge in [0.25, 0.3) is 0 Å². The van der Waals surface area contributed by atoms with Crippen LogP contribution < -0.4 is 5.73 Å². The van der Waals surface area contributed by atoms with Gasteiger partial charge in [0.15, 0.2) is 0 Å². The van der Waals surface area contributed by atoms with E-state index in [1.165, 1.54) is 0 Å². The Hall–Kier alpha value is -0.0800. The van der Waals surface area contributed by atoms with Gasteiger partial charge >= 0.3 is 0 Å². The van der Waals surface area contributed by atoms with Crippen molar-refractivity contribution in [2.24, 2.45) is 23.0 Å². The highest BCUT2D eigenvalue weighted by atomic mass is 16.3. The molecule has 3 atom stereocenters. The zero-order valence-electron chi connectivity index (χ0n) is 8.38. The summed E-state index contributed by atoms with van der Waals surface area (Å²) in [6.07, 6.45) is 1.88. The van der Waals surface area contributed by atoms with Crippen molar-refractivity contribution in [2.45, 2.75) is 39.7 Å². The molecule has 0 bridgehead atoms. The van der Waals surface area contributed by atoms with Crippen LogP contribution in [-0.2, 0) is 0 Å². The fourth-order valence-electron chi connectivity index (χ4n) is 2.06. The van der Waals surface area contributed by atoms with Gasteiger partial charge in [-0.05, 0) is 36.6 Å². The molecule has 2 heteroatoms. The van der Waals surface area contributed by atoms with E-state index in [9.17, 15) is 5.11 Å². The van der Waals surface area contributed by atoms with Crippen molar-refractivity contribution < 1.29 is 5.11 Å². The van der Waals surface area contributed by atoms with Crippen molar-refractivity contribution in [1.82, 2.24) is 0 Å². The molecule has 1 aliphatic carbocycles. The molecule has 0 spiro atoms. The number of aliphatic hydroxyl groups excluding tert-OH is 1. The van der Waals surface area contributed by atoms with Crippen molar-refractivity contribution in [3.05, 3.63) is 0 Å². The second kappa shape index (κ2) is 3.35. The summed E-state index contributed by atoms with van der Waals surface area (Å²) in [5.41, 5.74) is 5.89. The standard InChI is InChI=1S/C10H21NO/c1-10(2,3)8-4-7(6-11)9(12)5-8/h7-9,12H,4-6,11H2,1-3H3/t7-,8+,9+/m1/s1. The van der Waals surface area contributed by atoms with Gasteiger partial charge in [0, 0.05) is 0 Å². The quantitative estimate of drug-likeness (QED) is 0.626. The van der Waals surface area contributed by atoms with Crippen molar-refractivity contribution >= 4 is 0 Å². The Labute approximate surface area is 75.2 Å². The fraction of sp³-hybridized carbons (Fsp3) is 1.00. The maximum absolute atomic E-state index is 9.64. The Morgan fingerprint density at radius 1 is 1.33 bits per heavy atom. The van der Waals surface area contributed by atoms with E-state index >= 15 is 0 Å². The number of nitrogens with two attached hydrogens (primary N) is 1. The van der Waals surface area contributed by atoms with Crippen molar-refractivity contribution in [1.29, 1.82) is 0 Å². The molecule has 3 N–H and O–H groups in total. The minimum atomic E-state index is -0.153. The molecule has 0 heterocycles. The number of hydrogen-bond acceptors (Lipinski definition) is 2. The Morgan fingerprint density at radius 3 is 2.17 bits per heavy atom. The summed E-state index contributed by atoms with van der Waals surface area (Å²) in [4.78, 5) is 0. The zero-order valence-corrected chi connectivity index (χ0v) is 8.38. The van der Waals surface area contributed by atoms with Gasteiger partial charge < -0.3 is 10.8 Å². The van der Waals surface area contributed by atoms with Crippen LogP contribution in [0.25, 0.3) is 0 Å². The monoisotopic (exact) mass is 171 g/mol. The van der Waals surface area contributed by atoms with Crippen molar-refractivity contribution in [3.63, 3.8) is 0 Å². The summed E-state index contributed by atoms with van der Waals surface area (Å²) in [6.45, 7) is 7.35. The second-order valence-corrected chi connectivity index (χ2v) is 5.10. The van der Waals surface area contributed by atoms with Crippen LogP contribution in [0.3, 0.4) is 0 Å². The van der Waals surface area contributed by atoms with Gasteiger partial charge in [-0.2, -0.15) is 0 Å². The lowest BCUT2D eigenvalue weighted by atomic mass is 9.79. The topological polar surface area (TPSA) is 46.2 Å². The number of rotatable bonds is 1. The minimum absolute atomic E-state index is 0.153. The summed E-state index contributed by atoms with van der Waals surface area (Å²) in [5.74, 6) is 0.982. The second-order valence-electron chi connectivity index (χ2n) is 5.10. The molecule has 0 aromatic carbocycles. The first-order chi connectivity index (χ1) is 5.45. The lowest BCUT2D eigenvalue weighted by molar-refractivity contribution is 0.129. The predicted octanol–water partition coefficient (Wildman–Crippen LogP) is 1.38. The van der Waals surface area contributed by atoms with Gasteiger partial charge in [-0.25, -0.2) is 0 Å².